The second-order valence-corrected chi connectivity index (χ2v) is 4.92. The summed E-state index contributed by atoms with van der Waals surface area (Å²) in [6.07, 6.45) is 3.68. The van der Waals surface area contributed by atoms with Crippen LogP contribution >= 0.6 is 0 Å². The van der Waals surface area contributed by atoms with Crippen LogP contribution in [0, 0.1) is 23.0 Å². The SMILES string of the molecule is CO.N#Cc1cc(-c2ccc(F)cc2F)c2c(n1)CCCC2. The highest BCUT2D eigenvalue weighted by Crippen LogP contribution is 2.33. The number of hydrogen-bond acceptors (Lipinski definition) is 3. The average Bonchev–Trinajstić information content (AvgIpc) is 2.56. The Kier molecular flexibility index (Phi) is 5.18. The van der Waals surface area contributed by atoms with E-state index in [9.17, 15) is 8.78 Å². The van der Waals surface area contributed by atoms with Gasteiger partial charge in [0.1, 0.15) is 23.4 Å². The first-order chi connectivity index (χ1) is 10.7. The summed E-state index contributed by atoms with van der Waals surface area (Å²) >= 11 is 0. The molecular weight excluding hydrogens is 286 g/mol. The van der Waals surface area contributed by atoms with Crippen molar-refractivity contribution in [1.82, 2.24) is 4.98 Å². The Morgan fingerprint density at radius 3 is 2.50 bits per heavy atom. The molecule has 0 atom stereocenters. The van der Waals surface area contributed by atoms with Crippen molar-refractivity contribution in [3.05, 3.63) is 52.9 Å². The van der Waals surface area contributed by atoms with Crippen LogP contribution in [0.3, 0.4) is 0 Å². The van der Waals surface area contributed by atoms with Gasteiger partial charge in [0.05, 0.1) is 0 Å². The van der Waals surface area contributed by atoms with Gasteiger partial charge in [0.25, 0.3) is 0 Å². The molecule has 1 aromatic carbocycles. The van der Waals surface area contributed by atoms with Crippen LogP contribution in [-0.2, 0) is 12.8 Å². The number of hydrogen-bond donors (Lipinski definition) is 1. The molecule has 22 heavy (non-hydrogen) atoms. The van der Waals surface area contributed by atoms with Crippen LogP contribution in [0.2, 0.25) is 0 Å². The number of aryl methyl sites for hydroxylation is 1. The maximum absolute atomic E-state index is 14.0. The van der Waals surface area contributed by atoms with Crippen molar-refractivity contribution >= 4 is 0 Å². The molecule has 3 rings (SSSR count). The fourth-order valence-electron chi connectivity index (χ4n) is 2.71. The monoisotopic (exact) mass is 302 g/mol. The standard InChI is InChI=1S/C16H12F2N2.CH4O/c17-10-5-6-12(15(18)7-10)14-8-11(9-19)20-16-4-2-1-3-13(14)16;1-2/h5-8H,1-4H2;2H,1H3. The molecule has 0 radical (unpaired) electrons. The molecule has 0 unspecified atom stereocenters. The van der Waals surface area contributed by atoms with Gasteiger partial charge < -0.3 is 5.11 Å². The van der Waals surface area contributed by atoms with E-state index in [4.69, 9.17) is 10.4 Å². The predicted octanol–water partition coefficient (Wildman–Crippen LogP) is 3.39. The molecule has 2 aromatic rings. The molecule has 1 N–H and O–H groups in total. The molecule has 3 nitrogen and oxygen atoms in total. The number of nitrogens with zero attached hydrogens (tertiary/aromatic N) is 2. The van der Waals surface area contributed by atoms with Crippen LogP contribution in [0.5, 0.6) is 0 Å². The van der Waals surface area contributed by atoms with Gasteiger partial charge >= 0.3 is 0 Å². The number of aliphatic hydroxyl groups is 1. The van der Waals surface area contributed by atoms with Crippen molar-refractivity contribution in [2.75, 3.05) is 7.11 Å². The number of rotatable bonds is 1. The average molecular weight is 302 g/mol. The van der Waals surface area contributed by atoms with Crippen LogP contribution in [0.4, 0.5) is 8.78 Å². The summed E-state index contributed by atoms with van der Waals surface area (Å²) in [4.78, 5) is 4.31. The van der Waals surface area contributed by atoms with Crippen molar-refractivity contribution in [1.29, 1.82) is 5.26 Å². The summed E-state index contributed by atoms with van der Waals surface area (Å²) in [6, 6.07) is 7.14. The lowest BCUT2D eigenvalue weighted by Crippen LogP contribution is -2.09. The normalized spacial score (nSPS) is 12.7. The molecule has 0 aliphatic heterocycles. The third-order valence-corrected chi connectivity index (χ3v) is 3.64. The van der Waals surface area contributed by atoms with E-state index in [-0.39, 0.29) is 5.69 Å². The largest absolute Gasteiger partial charge is 0.400 e. The second-order valence-electron chi connectivity index (χ2n) is 4.92. The summed E-state index contributed by atoms with van der Waals surface area (Å²) < 4.78 is 27.0. The van der Waals surface area contributed by atoms with E-state index in [0.717, 1.165) is 50.1 Å². The summed E-state index contributed by atoms with van der Waals surface area (Å²) in [5.74, 6) is -1.21. The molecule has 1 aliphatic carbocycles. The molecule has 0 saturated heterocycles. The molecule has 0 spiro atoms. The smallest absolute Gasteiger partial charge is 0.141 e. The lowest BCUT2D eigenvalue weighted by Gasteiger charge is -2.19. The zero-order valence-electron chi connectivity index (χ0n) is 12.2. The molecule has 1 heterocycles. The maximum Gasteiger partial charge on any atom is 0.141 e. The Bertz CT molecular complexity index is 723. The Morgan fingerprint density at radius 1 is 1.09 bits per heavy atom. The van der Waals surface area contributed by atoms with E-state index < -0.39 is 11.6 Å². The van der Waals surface area contributed by atoms with Crippen molar-refractivity contribution in [3.63, 3.8) is 0 Å². The highest BCUT2D eigenvalue weighted by Gasteiger charge is 2.19. The van der Waals surface area contributed by atoms with Gasteiger partial charge in [-0.05, 0) is 55.0 Å². The minimum Gasteiger partial charge on any atom is -0.400 e. The van der Waals surface area contributed by atoms with E-state index in [2.05, 4.69) is 4.98 Å². The molecule has 114 valence electrons. The first kappa shape index (κ1) is 16.1. The Labute approximate surface area is 127 Å². The number of fused-ring (bicyclic) bond motifs is 1. The first-order valence-electron chi connectivity index (χ1n) is 7.02. The minimum absolute atomic E-state index is 0.282. The van der Waals surface area contributed by atoms with E-state index in [1.54, 1.807) is 6.07 Å². The Balaban J connectivity index is 0.000000847. The third-order valence-electron chi connectivity index (χ3n) is 3.64. The molecule has 0 bridgehead atoms. The summed E-state index contributed by atoms with van der Waals surface area (Å²) in [5.41, 5.74) is 3.14. The summed E-state index contributed by atoms with van der Waals surface area (Å²) in [7, 11) is 1.00. The van der Waals surface area contributed by atoms with Crippen LogP contribution in [0.25, 0.3) is 11.1 Å². The minimum atomic E-state index is -0.604. The van der Waals surface area contributed by atoms with Crippen LogP contribution in [0.15, 0.2) is 24.3 Å². The predicted molar refractivity (Wildman–Crippen MR) is 79.1 cm³/mol. The summed E-state index contributed by atoms with van der Waals surface area (Å²) in [6.45, 7) is 0. The number of benzene rings is 1. The van der Waals surface area contributed by atoms with Crippen LogP contribution in [0.1, 0.15) is 29.8 Å². The van der Waals surface area contributed by atoms with Gasteiger partial charge in [-0.15, -0.1) is 0 Å². The number of halogens is 2. The van der Waals surface area contributed by atoms with E-state index in [1.165, 1.54) is 12.1 Å². The molecule has 0 fully saturated rings. The lowest BCUT2D eigenvalue weighted by atomic mass is 9.88. The number of pyridine rings is 1. The highest BCUT2D eigenvalue weighted by atomic mass is 19.1. The molecule has 1 aromatic heterocycles. The van der Waals surface area contributed by atoms with Gasteiger partial charge in [0.2, 0.25) is 0 Å². The van der Waals surface area contributed by atoms with Gasteiger partial charge in [-0.3, -0.25) is 0 Å². The van der Waals surface area contributed by atoms with Crippen molar-refractivity contribution in [3.8, 4) is 17.2 Å². The molecular formula is C17H16F2N2O. The highest BCUT2D eigenvalue weighted by molar-refractivity contribution is 5.70. The zero-order valence-corrected chi connectivity index (χ0v) is 12.2. The Hall–Kier alpha value is -2.32. The van der Waals surface area contributed by atoms with Crippen LogP contribution < -0.4 is 0 Å². The first-order valence-corrected chi connectivity index (χ1v) is 7.02. The maximum atomic E-state index is 14.0. The van der Waals surface area contributed by atoms with E-state index in [1.807, 2.05) is 6.07 Å². The number of nitriles is 1. The number of aromatic nitrogens is 1. The van der Waals surface area contributed by atoms with Gasteiger partial charge in [0, 0.05) is 24.4 Å². The van der Waals surface area contributed by atoms with E-state index in [0.29, 0.717) is 11.1 Å². The van der Waals surface area contributed by atoms with Crippen molar-refractivity contribution in [2.45, 2.75) is 25.7 Å². The molecule has 0 saturated carbocycles. The van der Waals surface area contributed by atoms with Gasteiger partial charge in [-0.1, -0.05) is 0 Å². The summed E-state index contributed by atoms with van der Waals surface area (Å²) in [5, 5.41) is 16.1. The fourth-order valence-corrected chi connectivity index (χ4v) is 2.71. The topological polar surface area (TPSA) is 56.9 Å². The zero-order chi connectivity index (χ0) is 16.1. The molecule has 0 amide bonds. The molecule has 5 heteroatoms. The van der Waals surface area contributed by atoms with E-state index >= 15 is 0 Å². The molecule has 1 aliphatic rings. The number of aliphatic hydroxyl groups excluding tert-OH is 1. The fraction of sp³-hybridized carbons (Fsp3) is 0.294. The van der Waals surface area contributed by atoms with Crippen molar-refractivity contribution in [2.24, 2.45) is 0 Å². The van der Waals surface area contributed by atoms with Crippen molar-refractivity contribution < 1.29 is 13.9 Å². The van der Waals surface area contributed by atoms with Gasteiger partial charge in [-0.2, -0.15) is 5.26 Å². The van der Waals surface area contributed by atoms with Gasteiger partial charge in [0.15, 0.2) is 0 Å². The third kappa shape index (κ3) is 3.12. The Morgan fingerprint density at radius 2 is 1.82 bits per heavy atom. The quantitative estimate of drug-likeness (QED) is 0.878. The second kappa shape index (κ2) is 7.10. The van der Waals surface area contributed by atoms with Crippen LogP contribution in [-0.4, -0.2) is 17.2 Å². The van der Waals surface area contributed by atoms with Gasteiger partial charge in [-0.25, -0.2) is 13.8 Å². The lowest BCUT2D eigenvalue weighted by molar-refractivity contribution is 0.399.